The Hall–Kier alpha value is -0.380. The molecule has 104 valence electrons. The number of morpholine rings is 1. The third kappa shape index (κ3) is 3.04. The van der Waals surface area contributed by atoms with Crippen LogP contribution in [0.2, 0.25) is 0 Å². The molecular formula is C16H22BrNO. The van der Waals surface area contributed by atoms with Crippen molar-refractivity contribution in [2.45, 2.75) is 38.3 Å². The Balaban J connectivity index is 1.69. The maximum Gasteiger partial charge on any atom is 0.0952 e. The predicted octanol–water partition coefficient (Wildman–Crippen LogP) is 4.01. The Morgan fingerprint density at radius 2 is 2.00 bits per heavy atom. The fourth-order valence-electron chi connectivity index (χ4n) is 3.52. The fourth-order valence-corrected chi connectivity index (χ4v) is 3.78. The summed E-state index contributed by atoms with van der Waals surface area (Å²) >= 11 is 3.49. The summed E-state index contributed by atoms with van der Waals surface area (Å²) in [6.07, 6.45) is 4.40. The van der Waals surface area contributed by atoms with E-state index in [1.807, 2.05) is 0 Å². The van der Waals surface area contributed by atoms with Crippen molar-refractivity contribution in [1.29, 1.82) is 0 Å². The molecule has 1 heterocycles. The zero-order valence-electron chi connectivity index (χ0n) is 11.5. The summed E-state index contributed by atoms with van der Waals surface area (Å²) in [5, 5.41) is 0. The lowest BCUT2D eigenvalue weighted by Crippen LogP contribution is -2.45. The van der Waals surface area contributed by atoms with Gasteiger partial charge in [-0.25, -0.2) is 0 Å². The van der Waals surface area contributed by atoms with Crippen molar-refractivity contribution in [2.75, 3.05) is 19.7 Å². The predicted molar refractivity (Wildman–Crippen MR) is 81.2 cm³/mol. The van der Waals surface area contributed by atoms with E-state index in [1.165, 1.54) is 24.8 Å². The smallest absolute Gasteiger partial charge is 0.0952 e. The number of ether oxygens (including phenoxy) is 1. The molecular weight excluding hydrogens is 302 g/mol. The van der Waals surface area contributed by atoms with E-state index in [2.05, 4.69) is 52.0 Å². The zero-order chi connectivity index (χ0) is 13.2. The number of benzene rings is 1. The van der Waals surface area contributed by atoms with E-state index in [4.69, 9.17) is 4.74 Å². The molecule has 0 spiro atoms. The molecule has 3 atom stereocenters. The average molecular weight is 324 g/mol. The minimum absolute atomic E-state index is 0.245. The maximum absolute atomic E-state index is 5.97. The molecule has 3 heteroatoms. The molecule has 2 nitrogen and oxygen atoms in total. The standard InChI is InChI=1S/C16H22BrNO/c1-12-3-2-4-15(12)18-9-10-19-16(11-18)13-5-7-14(17)8-6-13/h5-8,12,15-16H,2-4,9-11H2,1H3/t12-,15+,16-/m1/s1. The number of hydrogen-bond donors (Lipinski definition) is 0. The van der Waals surface area contributed by atoms with Crippen molar-refractivity contribution in [2.24, 2.45) is 5.92 Å². The van der Waals surface area contributed by atoms with Crippen LogP contribution in [0.5, 0.6) is 0 Å². The van der Waals surface area contributed by atoms with Gasteiger partial charge in [0.1, 0.15) is 0 Å². The van der Waals surface area contributed by atoms with E-state index in [0.717, 1.165) is 36.1 Å². The molecule has 0 amide bonds. The fraction of sp³-hybridized carbons (Fsp3) is 0.625. The van der Waals surface area contributed by atoms with Crippen LogP contribution in [0, 0.1) is 5.92 Å². The van der Waals surface area contributed by atoms with Crippen LogP contribution < -0.4 is 0 Å². The molecule has 0 unspecified atom stereocenters. The van der Waals surface area contributed by atoms with E-state index in [0.29, 0.717) is 0 Å². The monoisotopic (exact) mass is 323 g/mol. The molecule has 19 heavy (non-hydrogen) atoms. The lowest BCUT2D eigenvalue weighted by Gasteiger charge is -2.38. The highest BCUT2D eigenvalue weighted by molar-refractivity contribution is 9.10. The van der Waals surface area contributed by atoms with Crippen molar-refractivity contribution in [3.8, 4) is 0 Å². The van der Waals surface area contributed by atoms with Crippen LogP contribution in [0.25, 0.3) is 0 Å². The van der Waals surface area contributed by atoms with Crippen LogP contribution in [-0.2, 0) is 4.74 Å². The van der Waals surface area contributed by atoms with E-state index in [1.54, 1.807) is 0 Å². The first-order valence-corrected chi connectivity index (χ1v) is 8.14. The number of nitrogens with zero attached hydrogens (tertiary/aromatic N) is 1. The van der Waals surface area contributed by atoms with Crippen LogP contribution in [0.15, 0.2) is 28.7 Å². The maximum atomic E-state index is 5.97. The van der Waals surface area contributed by atoms with Crippen LogP contribution in [0.1, 0.15) is 37.9 Å². The first kappa shape index (κ1) is 13.6. The van der Waals surface area contributed by atoms with Gasteiger partial charge in [-0.15, -0.1) is 0 Å². The van der Waals surface area contributed by atoms with Gasteiger partial charge in [0, 0.05) is 23.6 Å². The minimum atomic E-state index is 0.245. The largest absolute Gasteiger partial charge is 0.371 e. The summed E-state index contributed by atoms with van der Waals surface area (Å²) in [5.41, 5.74) is 1.30. The molecule has 3 rings (SSSR count). The summed E-state index contributed by atoms with van der Waals surface area (Å²) in [6.45, 7) is 5.42. The van der Waals surface area contributed by atoms with Gasteiger partial charge in [0.2, 0.25) is 0 Å². The molecule has 1 saturated heterocycles. The third-order valence-electron chi connectivity index (χ3n) is 4.62. The molecule has 0 aromatic heterocycles. The molecule has 0 N–H and O–H groups in total. The molecule has 2 aliphatic rings. The number of halogens is 1. The van der Waals surface area contributed by atoms with Gasteiger partial charge in [-0.1, -0.05) is 41.4 Å². The first-order chi connectivity index (χ1) is 9.24. The van der Waals surface area contributed by atoms with Crippen LogP contribution in [0.3, 0.4) is 0 Å². The Morgan fingerprint density at radius 1 is 1.21 bits per heavy atom. The van der Waals surface area contributed by atoms with Crippen molar-refractivity contribution < 1.29 is 4.74 Å². The molecule has 1 aliphatic carbocycles. The molecule has 0 bridgehead atoms. The second kappa shape index (κ2) is 5.94. The summed E-state index contributed by atoms with van der Waals surface area (Å²) in [7, 11) is 0. The summed E-state index contributed by atoms with van der Waals surface area (Å²) in [6, 6.07) is 9.35. The number of hydrogen-bond acceptors (Lipinski definition) is 2. The normalized spacial score (nSPS) is 32.6. The van der Waals surface area contributed by atoms with Crippen molar-refractivity contribution in [3.05, 3.63) is 34.3 Å². The molecule has 2 fully saturated rings. The van der Waals surface area contributed by atoms with Crippen molar-refractivity contribution in [3.63, 3.8) is 0 Å². The minimum Gasteiger partial charge on any atom is -0.371 e. The Kier molecular flexibility index (Phi) is 4.25. The van der Waals surface area contributed by atoms with Crippen LogP contribution in [-0.4, -0.2) is 30.6 Å². The van der Waals surface area contributed by atoms with Crippen molar-refractivity contribution >= 4 is 15.9 Å². The first-order valence-electron chi connectivity index (χ1n) is 7.35. The number of rotatable bonds is 2. The van der Waals surface area contributed by atoms with Gasteiger partial charge in [0.05, 0.1) is 12.7 Å². The molecule has 1 aromatic carbocycles. The second-order valence-corrected chi connectivity index (χ2v) is 6.80. The van der Waals surface area contributed by atoms with Gasteiger partial charge in [0.15, 0.2) is 0 Å². The Morgan fingerprint density at radius 3 is 2.68 bits per heavy atom. The Bertz CT molecular complexity index is 419. The quantitative estimate of drug-likeness (QED) is 0.815. The highest BCUT2D eigenvalue weighted by Crippen LogP contribution is 2.33. The van der Waals surface area contributed by atoms with Crippen LogP contribution >= 0.6 is 15.9 Å². The lowest BCUT2D eigenvalue weighted by molar-refractivity contribution is -0.0493. The third-order valence-corrected chi connectivity index (χ3v) is 5.15. The van der Waals surface area contributed by atoms with E-state index in [9.17, 15) is 0 Å². The second-order valence-electron chi connectivity index (χ2n) is 5.88. The summed E-state index contributed by atoms with van der Waals surface area (Å²) < 4.78 is 7.10. The lowest BCUT2D eigenvalue weighted by atomic mass is 10.0. The van der Waals surface area contributed by atoms with Gasteiger partial charge >= 0.3 is 0 Å². The highest BCUT2D eigenvalue weighted by Gasteiger charge is 2.32. The molecule has 1 aromatic rings. The SMILES string of the molecule is C[C@@H]1CCC[C@@H]1N1CCO[C@@H](c2ccc(Br)cc2)C1. The van der Waals surface area contributed by atoms with Crippen molar-refractivity contribution in [1.82, 2.24) is 4.90 Å². The van der Waals surface area contributed by atoms with Gasteiger partial charge in [-0.3, -0.25) is 4.90 Å². The average Bonchev–Trinajstić information content (AvgIpc) is 2.86. The van der Waals surface area contributed by atoms with Gasteiger partial charge in [-0.05, 0) is 36.5 Å². The van der Waals surface area contributed by atoms with E-state index >= 15 is 0 Å². The van der Waals surface area contributed by atoms with Crippen LogP contribution in [0.4, 0.5) is 0 Å². The van der Waals surface area contributed by atoms with E-state index in [-0.39, 0.29) is 6.10 Å². The molecule has 0 radical (unpaired) electrons. The van der Waals surface area contributed by atoms with Gasteiger partial charge in [0.25, 0.3) is 0 Å². The zero-order valence-corrected chi connectivity index (χ0v) is 13.1. The Labute approximate surface area is 124 Å². The molecule has 1 saturated carbocycles. The summed E-state index contributed by atoms with van der Waals surface area (Å²) in [5.74, 6) is 0.851. The highest BCUT2D eigenvalue weighted by atomic mass is 79.9. The van der Waals surface area contributed by atoms with Gasteiger partial charge in [-0.2, -0.15) is 0 Å². The molecule has 1 aliphatic heterocycles. The summed E-state index contributed by atoms with van der Waals surface area (Å²) in [4.78, 5) is 2.66. The van der Waals surface area contributed by atoms with Gasteiger partial charge < -0.3 is 4.74 Å². The topological polar surface area (TPSA) is 12.5 Å². The van der Waals surface area contributed by atoms with E-state index < -0.39 is 0 Å².